The molecule has 0 saturated carbocycles. The van der Waals surface area contributed by atoms with Gasteiger partial charge < -0.3 is 15.2 Å². The normalized spacial score (nSPS) is 14.3. The number of carbonyl (C=O) groups is 1. The van der Waals surface area contributed by atoms with Crippen LogP contribution < -0.4 is 5.32 Å². The van der Waals surface area contributed by atoms with Crippen LogP contribution in [0.2, 0.25) is 0 Å². The smallest absolute Gasteiger partial charge is 0.241 e. The van der Waals surface area contributed by atoms with Gasteiger partial charge in [-0.1, -0.05) is 0 Å². The number of amides is 1. The van der Waals surface area contributed by atoms with Crippen LogP contribution in [0.25, 0.3) is 0 Å². The molecule has 1 amide bonds. The molecular weight excluding hydrogens is 224 g/mol. The molecule has 0 aliphatic carbocycles. The standard InChI is InChI=1S/C10H18N4O3/c1-10(16,3-4-17-2)6-12-9(15)5-14-8-11-7-13-14/h7-8,16H,3-6H2,1-2H3,(H,12,15). The first-order valence-corrected chi connectivity index (χ1v) is 5.34. The molecule has 1 unspecified atom stereocenters. The van der Waals surface area contributed by atoms with E-state index < -0.39 is 5.60 Å². The maximum Gasteiger partial charge on any atom is 0.241 e. The fourth-order valence-electron chi connectivity index (χ4n) is 1.22. The predicted octanol–water partition coefficient (Wildman–Crippen LogP) is -0.818. The molecule has 17 heavy (non-hydrogen) atoms. The van der Waals surface area contributed by atoms with E-state index in [0.29, 0.717) is 13.0 Å². The van der Waals surface area contributed by atoms with Gasteiger partial charge in [-0.05, 0) is 6.92 Å². The SMILES string of the molecule is COCCC(C)(O)CNC(=O)Cn1cncn1. The number of nitrogens with zero attached hydrogens (tertiary/aromatic N) is 3. The molecule has 1 rings (SSSR count). The first-order chi connectivity index (χ1) is 8.03. The molecule has 1 heterocycles. The second kappa shape index (κ2) is 6.31. The molecule has 7 heteroatoms. The highest BCUT2D eigenvalue weighted by Crippen LogP contribution is 2.07. The largest absolute Gasteiger partial charge is 0.388 e. The molecule has 0 spiro atoms. The zero-order valence-corrected chi connectivity index (χ0v) is 10.1. The number of carbonyl (C=O) groups excluding carboxylic acids is 1. The second-order valence-corrected chi connectivity index (χ2v) is 4.11. The summed E-state index contributed by atoms with van der Waals surface area (Å²) in [5.74, 6) is -0.215. The van der Waals surface area contributed by atoms with E-state index in [-0.39, 0.29) is 19.0 Å². The van der Waals surface area contributed by atoms with Crippen LogP contribution in [0, 0.1) is 0 Å². The lowest BCUT2D eigenvalue weighted by Crippen LogP contribution is -2.42. The summed E-state index contributed by atoms with van der Waals surface area (Å²) >= 11 is 0. The lowest BCUT2D eigenvalue weighted by Gasteiger charge is -2.23. The Morgan fingerprint density at radius 1 is 1.65 bits per heavy atom. The number of hydrogen-bond donors (Lipinski definition) is 2. The van der Waals surface area contributed by atoms with Gasteiger partial charge in [0.2, 0.25) is 5.91 Å². The van der Waals surface area contributed by atoms with Crippen LogP contribution in [0.3, 0.4) is 0 Å². The van der Waals surface area contributed by atoms with Gasteiger partial charge >= 0.3 is 0 Å². The summed E-state index contributed by atoms with van der Waals surface area (Å²) in [6.07, 6.45) is 3.29. The van der Waals surface area contributed by atoms with Crippen LogP contribution in [0.5, 0.6) is 0 Å². The number of ether oxygens (including phenoxy) is 1. The van der Waals surface area contributed by atoms with E-state index in [1.54, 1.807) is 14.0 Å². The average molecular weight is 242 g/mol. The minimum atomic E-state index is -0.964. The van der Waals surface area contributed by atoms with E-state index in [9.17, 15) is 9.90 Å². The van der Waals surface area contributed by atoms with E-state index >= 15 is 0 Å². The maximum absolute atomic E-state index is 11.5. The minimum absolute atomic E-state index is 0.0976. The Morgan fingerprint density at radius 2 is 2.41 bits per heavy atom. The highest BCUT2D eigenvalue weighted by Gasteiger charge is 2.20. The third-order valence-corrected chi connectivity index (χ3v) is 2.28. The number of nitrogens with one attached hydrogen (secondary N) is 1. The molecule has 0 aliphatic heterocycles. The van der Waals surface area contributed by atoms with Crippen molar-refractivity contribution in [3.8, 4) is 0 Å². The predicted molar refractivity (Wildman–Crippen MR) is 60.1 cm³/mol. The Labute approximate surface area is 99.8 Å². The Kier molecular flexibility index (Phi) is 5.05. The zero-order chi connectivity index (χ0) is 12.7. The maximum atomic E-state index is 11.5. The Morgan fingerprint density at radius 3 is 3.00 bits per heavy atom. The van der Waals surface area contributed by atoms with E-state index in [0.717, 1.165) is 0 Å². The molecule has 0 bridgehead atoms. The van der Waals surface area contributed by atoms with Gasteiger partial charge in [0.15, 0.2) is 0 Å². The van der Waals surface area contributed by atoms with Crippen LogP contribution in [0.1, 0.15) is 13.3 Å². The fourth-order valence-corrected chi connectivity index (χ4v) is 1.22. The molecule has 1 aromatic rings. The monoisotopic (exact) mass is 242 g/mol. The highest BCUT2D eigenvalue weighted by atomic mass is 16.5. The molecule has 2 N–H and O–H groups in total. The first kappa shape index (κ1) is 13.6. The van der Waals surface area contributed by atoms with Crippen molar-refractivity contribution in [1.29, 1.82) is 0 Å². The number of methoxy groups -OCH3 is 1. The number of aromatic nitrogens is 3. The first-order valence-electron chi connectivity index (χ1n) is 5.34. The van der Waals surface area contributed by atoms with Crippen molar-refractivity contribution in [3.63, 3.8) is 0 Å². The molecule has 0 aliphatic rings. The van der Waals surface area contributed by atoms with Gasteiger partial charge in [0.25, 0.3) is 0 Å². The summed E-state index contributed by atoms with van der Waals surface area (Å²) in [6.45, 7) is 2.39. The van der Waals surface area contributed by atoms with E-state index in [1.165, 1.54) is 17.3 Å². The third-order valence-electron chi connectivity index (χ3n) is 2.28. The van der Waals surface area contributed by atoms with Crippen LogP contribution in [0.15, 0.2) is 12.7 Å². The van der Waals surface area contributed by atoms with Crippen molar-refractivity contribution < 1.29 is 14.6 Å². The summed E-state index contributed by atoms with van der Waals surface area (Å²) < 4.78 is 6.29. The van der Waals surface area contributed by atoms with Gasteiger partial charge in [-0.15, -0.1) is 0 Å². The van der Waals surface area contributed by atoms with E-state index in [1.807, 2.05) is 0 Å². The molecule has 7 nitrogen and oxygen atoms in total. The lowest BCUT2D eigenvalue weighted by molar-refractivity contribution is -0.123. The van der Waals surface area contributed by atoms with Gasteiger partial charge in [-0.2, -0.15) is 5.10 Å². The van der Waals surface area contributed by atoms with Crippen molar-refractivity contribution in [2.75, 3.05) is 20.3 Å². The van der Waals surface area contributed by atoms with Crippen molar-refractivity contribution in [2.45, 2.75) is 25.5 Å². The van der Waals surface area contributed by atoms with Gasteiger partial charge in [-0.25, -0.2) is 9.67 Å². The van der Waals surface area contributed by atoms with Crippen LogP contribution in [0.4, 0.5) is 0 Å². The lowest BCUT2D eigenvalue weighted by atomic mass is 10.0. The molecule has 1 atom stereocenters. The van der Waals surface area contributed by atoms with Gasteiger partial charge in [0.05, 0.1) is 5.60 Å². The van der Waals surface area contributed by atoms with Crippen molar-refractivity contribution in [2.24, 2.45) is 0 Å². The summed E-state index contributed by atoms with van der Waals surface area (Å²) in [5.41, 5.74) is -0.964. The molecule has 0 fully saturated rings. The van der Waals surface area contributed by atoms with Gasteiger partial charge in [0, 0.05) is 26.7 Å². The molecular formula is C10H18N4O3. The van der Waals surface area contributed by atoms with Crippen molar-refractivity contribution >= 4 is 5.91 Å². The molecule has 0 radical (unpaired) electrons. The number of hydrogen-bond acceptors (Lipinski definition) is 5. The second-order valence-electron chi connectivity index (χ2n) is 4.11. The number of aliphatic hydroxyl groups is 1. The minimum Gasteiger partial charge on any atom is -0.388 e. The quantitative estimate of drug-likeness (QED) is 0.652. The summed E-state index contributed by atoms with van der Waals surface area (Å²) in [4.78, 5) is 15.2. The topological polar surface area (TPSA) is 89.3 Å². The van der Waals surface area contributed by atoms with Crippen molar-refractivity contribution in [3.05, 3.63) is 12.7 Å². The molecule has 1 aromatic heterocycles. The van der Waals surface area contributed by atoms with Gasteiger partial charge in [-0.3, -0.25) is 4.79 Å². The third kappa shape index (κ3) is 5.41. The zero-order valence-electron chi connectivity index (χ0n) is 10.1. The van der Waals surface area contributed by atoms with Crippen LogP contribution >= 0.6 is 0 Å². The summed E-state index contributed by atoms with van der Waals surface area (Å²) in [6, 6.07) is 0. The molecule has 0 aromatic carbocycles. The molecule has 96 valence electrons. The Hall–Kier alpha value is -1.47. The Balaban J connectivity index is 2.27. The summed E-state index contributed by atoms with van der Waals surface area (Å²) in [7, 11) is 1.57. The highest BCUT2D eigenvalue weighted by molar-refractivity contribution is 5.75. The fraction of sp³-hybridized carbons (Fsp3) is 0.700. The van der Waals surface area contributed by atoms with Crippen LogP contribution in [-0.2, 0) is 16.1 Å². The summed E-state index contributed by atoms with van der Waals surface area (Å²) in [5, 5.41) is 16.3. The van der Waals surface area contributed by atoms with Crippen LogP contribution in [-0.4, -0.2) is 51.6 Å². The number of rotatable bonds is 7. The van der Waals surface area contributed by atoms with Gasteiger partial charge in [0.1, 0.15) is 19.2 Å². The van der Waals surface area contributed by atoms with E-state index in [4.69, 9.17) is 4.74 Å². The van der Waals surface area contributed by atoms with Crippen molar-refractivity contribution in [1.82, 2.24) is 20.1 Å². The average Bonchev–Trinajstić information content (AvgIpc) is 2.77. The van der Waals surface area contributed by atoms with E-state index in [2.05, 4.69) is 15.4 Å². The molecule has 0 saturated heterocycles. The Bertz CT molecular complexity index is 337.